The van der Waals surface area contributed by atoms with Crippen LogP contribution in [0.5, 0.6) is 0 Å². The van der Waals surface area contributed by atoms with Crippen LogP contribution in [0.25, 0.3) is 10.4 Å². The molecule has 0 aliphatic carbocycles. The maximum atomic E-state index is 13.6. The molecule has 104 valence electrons. The first-order valence-electron chi connectivity index (χ1n) is 5.67. The SMILES string of the molecule is [N-]=[N+]=Nc1ccc([N+](=O)[O-])cc1C(=O)c1ccccc1F. The average Bonchev–Trinajstić information content (AvgIpc) is 2.47. The van der Waals surface area contributed by atoms with E-state index in [9.17, 15) is 19.3 Å². The highest BCUT2D eigenvalue weighted by Crippen LogP contribution is 2.27. The molecule has 0 heterocycles. The Hall–Kier alpha value is -3.25. The van der Waals surface area contributed by atoms with Crippen LogP contribution in [-0.2, 0) is 0 Å². The van der Waals surface area contributed by atoms with Gasteiger partial charge in [-0.1, -0.05) is 17.2 Å². The minimum atomic E-state index is -0.792. The van der Waals surface area contributed by atoms with E-state index in [-0.39, 0.29) is 22.5 Å². The summed E-state index contributed by atoms with van der Waals surface area (Å²) in [5, 5.41) is 14.1. The van der Waals surface area contributed by atoms with Crippen LogP contribution in [0.15, 0.2) is 47.6 Å². The van der Waals surface area contributed by atoms with Gasteiger partial charge < -0.3 is 0 Å². The van der Waals surface area contributed by atoms with E-state index in [0.29, 0.717) is 0 Å². The van der Waals surface area contributed by atoms with Crippen LogP contribution in [0.4, 0.5) is 15.8 Å². The van der Waals surface area contributed by atoms with Crippen LogP contribution in [0.2, 0.25) is 0 Å². The second kappa shape index (κ2) is 5.81. The van der Waals surface area contributed by atoms with Gasteiger partial charge in [0.2, 0.25) is 0 Å². The van der Waals surface area contributed by atoms with Crippen molar-refractivity contribution in [2.45, 2.75) is 0 Å². The molecule has 0 spiro atoms. The molecule has 0 atom stereocenters. The van der Waals surface area contributed by atoms with Crippen LogP contribution in [0.1, 0.15) is 15.9 Å². The standard InChI is InChI=1S/C13H7FN4O3/c14-11-4-2-1-3-9(11)13(19)10-7-8(18(20)21)5-6-12(10)16-17-15/h1-7H. The minimum Gasteiger partial charge on any atom is -0.288 e. The molecule has 2 rings (SSSR count). The second-order valence-electron chi connectivity index (χ2n) is 3.96. The van der Waals surface area contributed by atoms with Crippen LogP contribution in [-0.4, -0.2) is 10.7 Å². The summed E-state index contributed by atoms with van der Waals surface area (Å²) < 4.78 is 13.6. The molecule has 0 bridgehead atoms. The molecule has 0 aliphatic heterocycles. The smallest absolute Gasteiger partial charge is 0.270 e. The lowest BCUT2D eigenvalue weighted by atomic mass is 10.0. The van der Waals surface area contributed by atoms with Gasteiger partial charge in [0.25, 0.3) is 5.69 Å². The highest BCUT2D eigenvalue weighted by Gasteiger charge is 2.19. The molecule has 21 heavy (non-hydrogen) atoms. The maximum absolute atomic E-state index is 13.6. The molecule has 0 amide bonds. The third-order valence-corrected chi connectivity index (χ3v) is 2.71. The van der Waals surface area contributed by atoms with Gasteiger partial charge in [-0.05, 0) is 23.7 Å². The molecule has 0 radical (unpaired) electrons. The Morgan fingerprint density at radius 2 is 1.95 bits per heavy atom. The van der Waals surface area contributed by atoms with Crippen molar-refractivity contribution in [3.05, 3.63) is 80.0 Å². The van der Waals surface area contributed by atoms with E-state index < -0.39 is 16.5 Å². The van der Waals surface area contributed by atoms with Gasteiger partial charge in [-0.3, -0.25) is 14.9 Å². The summed E-state index contributed by atoms with van der Waals surface area (Å²) in [6.45, 7) is 0. The number of hydrogen-bond donors (Lipinski definition) is 0. The van der Waals surface area contributed by atoms with E-state index in [1.165, 1.54) is 18.2 Å². The van der Waals surface area contributed by atoms with Gasteiger partial charge in [0, 0.05) is 28.3 Å². The zero-order valence-corrected chi connectivity index (χ0v) is 10.4. The van der Waals surface area contributed by atoms with E-state index in [0.717, 1.165) is 24.3 Å². The number of carbonyl (C=O) groups is 1. The highest BCUT2D eigenvalue weighted by molar-refractivity contribution is 6.12. The quantitative estimate of drug-likeness (QED) is 0.212. The number of nitro groups is 1. The van der Waals surface area contributed by atoms with Crippen molar-refractivity contribution >= 4 is 17.2 Å². The van der Waals surface area contributed by atoms with Gasteiger partial charge in [0.05, 0.1) is 10.5 Å². The zero-order valence-electron chi connectivity index (χ0n) is 10.4. The first-order chi connectivity index (χ1) is 10.0. The molecular formula is C13H7FN4O3. The predicted octanol–water partition coefficient (Wildman–Crippen LogP) is 3.91. The molecule has 0 unspecified atom stereocenters. The van der Waals surface area contributed by atoms with Gasteiger partial charge >= 0.3 is 0 Å². The van der Waals surface area contributed by atoms with Crippen molar-refractivity contribution in [1.29, 1.82) is 0 Å². The molecule has 0 aliphatic rings. The Labute approximate surface area is 117 Å². The molecule has 7 nitrogen and oxygen atoms in total. The van der Waals surface area contributed by atoms with E-state index in [1.54, 1.807) is 0 Å². The van der Waals surface area contributed by atoms with Crippen LogP contribution in [0.3, 0.4) is 0 Å². The van der Waals surface area contributed by atoms with Crippen molar-refractivity contribution in [2.24, 2.45) is 5.11 Å². The monoisotopic (exact) mass is 286 g/mol. The normalized spacial score (nSPS) is 9.76. The zero-order chi connectivity index (χ0) is 15.4. The van der Waals surface area contributed by atoms with E-state index in [2.05, 4.69) is 10.0 Å². The molecule has 0 aromatic heterocycles. The molecule has 0 fully saturated rings. The lowest BCUT2D eigenvalue weighted by molar-refractivity contribution is -0.384. The van der Waals surface area contributed by atoms with Gasteiger partial charge in [0.1, 0.15) is 5.82 Å². The number of nitrogens with zero attached hydrogens (tertiary/aromatic N) is 4. The van der Waals surface area contributed by atoms with Gasteiger partial charge in [-0.2, -0.15) is 0 Å². The summed E-state index contributed by atoms with van der Waals surface area (Å²) in [6.07, 6.45) is 0. The number of non-ortho nitro benzene ring substituents is 1. The van der Waals surface area contributed by atoms with Crippen LogP contribution < -0.4 is 0 Å². The molecular weight excluding hydrogens is 279 g/mol. The molecule has 2 aromatic rings. The Morgan fingerprint density at radius 3 is 2.57 bits per heavy atom. The lowest BCUT2D eigenvalue weighted by Crippen LogP contribution is -2.05. The van der Waals surface area contributed by atoms with Crippen molar-refractivity contribution in [3.63, 3.8) is 0 Å². The number of nitro benzene ring substituents is 1. The van der Waals surface area contributed by atoms with Crippen molar-refractivity contribution < 1.29 is 14.1 Å². The molecule has 2 aromatic carbocycles. The maximum Gasteiger partial charge on any atom is 0.270 e. The Kier molecular flexibility index (Phi) is 3.92. The fourth-order valence-electron chi connectivity index (χ4n) is 1.75. The summed E-state index contributed by atoms with van der Waals surface area (Å²) in [5.74, 6) is -1.56. The fourth-order valence-corrected chi connectivity index (χ4v) is 1.75. The summed E-state index contributed by atoms with van der Waals surface area (Å²) in [7, 11) is 0. The van der Waals surface area contributed by atoms with Gasteiger partial charge in [-0.25, -0.2) is 4.39 Å². The van der Waals surface area contributed by atoms with Crippen molar-refractivity contribution in [3.8, 4) is 0 Å². The van der Waals surface area contributed by atoms with Crippen molar-refractivity contribution in [2.75, 3.05) is 0 Å². The van der Waals surface area contributed by atoms with E-state index in [1.807, 2.05) is 0 Å². The van der Waals surface area contributed by atoms with E-state index in [4.69, 9.17) is 5.53 Å². The Balaban J connectivity index is 2.63. The van der Waals surface area contributed by atoms with Gasteiger partial charge in [0.15, 0.2) is 5.78 Å². The van der Waals surface area contributed by atoms with Crippen molar-refractivity contribution in [1.82, 2.24) is 0 Å². The number of hydrogen-bond acceptors (Lipinski definition) is 4. The summed E-state index contributed by atoms with van der Waals surface area (Å²) in [5.41, 5.74) is 7.53. The number of ketones is 1. The molecule has 8 heteroatoms. The number of benzene rings is 2. The number of rotatable bonds is 4. The lowest BCUT2D eigenvalue weighted by Gasteiger charge is -2.05. The number of carbonyl (C=O) groups excluding carboxylic acids is 1. The average molecular weight is 286 g/mol. The highest BCUT2D eigenvalue weighted by atomic mass is 19.1. The summed E-state index contributed by atoms with van der Waals surface area (Å²) in [4.78, 5) is 24.9. The number of azide groups is 1. The molecule has 0 saturated carbocycles. The Bertz CT molecular complexity index is 785. The first kappa shape index (κ1) is 14.2. The molecule has 0 N–H and O–H groups in total. The van der Waals surface area contributed by atoms with E-state index >= 15 is 0 Å². The summed E-state index contributed by atoms with van der Waals surface area (Å²) in [6, 6.07) is 8.41. The topological polar surface area (TPSA) is 109 Å². The van der Waals surface area contributed by atoms with Gasteiger partial charge in [-0.15, -0.1) is 0 Å². The Morgan fingerprint density at radius 1 is 1.24 bits per heavy atom. The first-order valence-corrected chi connectivity index (χ1v) is 5.67. The molecule has 0 saturated heterocycles. The minimum absolute atomic E-state index is 0.101. The third-order valence-electron chi connectivity index (χ3n) is 2.71. The van der Waals surface area contributed by atoms with Crippen LogP contribution in [0, 0.1) is 15.9 Å². The fraction of sp³-hybridized carbons (Fsp3) is 0. The van der Waals surface area contributed by atoms with Crippen LogP contribution >= 0.6 is 0 Å². The second-order valence-corrected chi connectivity index (χ2v) is 3.96. The predicted molar refractivity (Wildman–Crippen MR) is 71.7 cm³/mol. The summed E-state index contributed by atoms with van der Waals surface area (Å²) >= 11 is 0. The number of halogens is 1. The largest absolute Gasteiger partial charge is 0.288 e. The third kappa shape index (κ3) is 2.85.